The Balaban J connectivity index is 1.62. The lowest BCUT2D eigenvalue weighted by Crippen LogP contribution is -2.53. The molecule has 2 aromatic rings. The number of halogens is 1. The number of anilines is 1. The number of rotatable bonds is 10. The summed E-state index contributed by atoms with van der Waals surface area (Å²) in [4.78, 5) is 28.8. The van der Waals surface area contributed by atoms with Crippen molar-refractivity contribution in [1.82, 2.24) is 10.2 Å². The molecule has 2 aromatic carbocycles. The minimum absolute atomic E-state index is 0.0815. The third-order valence-electron chi connectivity index (χ3n) is 7.10. The van der Waals surface area contributed by atoms with Crippen LogP contribution in [-0.2, 0) is 26.2 Å². The fraction of sp³-hybridized carbons (Fsp3) is 0.500. The molecule has 4 rings (SSSR count). The van der Waals surface area contributed by atoms with Gasteiger partial charge in [0.25, 0.3) is 0 Å². The highest BCUT2D eigenvalue weighted by atomic mass is 35.5. The molecule has 39 heavy (non-hydrogen) atoms. The van der Waals surface area contributed by atoms with Gasteiger partial charge in [0.1, 0.15) is 25.8 Å². The first-order valence-corrected chi connectivity index (χ1v) is 15.6. The number of fused-ring (bicyclic) bond motifs is 1. The topological polar surface area (TPSA) is 105 Å². The Morgan fingerprint density at radius 2 is 1.69 bits per heavy atom. The van der Waals surface area contributed by atoms with Crippen molar-refractivity contribution in [3.63, 3.8) is 0 Å². The number of benzene rings is 2. The van der Waals surface area contributed by atoms with Crippen LogP contribution in [0.3, 0.4) is 0 Å². The van der Waals surface area contributed by atoms with E-state index in [2.05, 4.69) is 5.32 Å². The van der Waals surface area contributed by atoms with E-state index in [0.717, 1.165) is 48.2 Å². The first kappa shape index (κ1) is 29.0. The van der Waals surface area contributed by atoms with Gasteiger partial charge in [0.15, 0.2) is 11.5 Å². The maximum Gasteiger partial charge on any atom is 0.244 e. The third kappa shape index (κ3) is 7.57. The summed E-state index contributed by atoms with van der Waals surface area (Å²) in [5.41, 5.74) is 1.06. The maximum atomic E-state index is 13.9. The Labute approximate surface area is 235 Å². The van der Waals surface area contributed by atoms with E-state index in [-0.39, 0.29) is 24.2 Å². The van der Waals surface area contributed by atoms with E-state index in [1.54, 1.807) is 42.5 Å². The quantitative estimate of drug-likeness (QED) is 0.455. The van der Waals surface area contributed by atoms with Crippen LogP contribution in [0.25, 0.3) is 0 Å². The maximum absolute atomic E-state index is 13.9. The molecule has 2 aliphatic rings. The first-order valence-electron chi connectivity index (χ1n) is 13.4. The molecule has 0 bridgehead atoms. The lowest BCUT2D eigenvalue weighted by Gasteiger charge is -2.34. The van der Waals surface area contributed by atoms with Crippen LogP contribution in [0.1, 0.15) is 51.0 Å². The average Bonchev–Trinajstić information content (AvgIpc) is 2.92. The number of nitrogens with one attached hydrogen (secondary N) is 1. The number of ether oxygens (including phenoxy) is 2. The Morgan fingerprint density at radius 1 is 1.03 bits per heavy atom. The van der Waals surface area contributed by atoms with Gasteiger partial charge < -0.3 is 19.7 Å². The monoisotopic (exact) mass is 577 g/mol. The van der Waals surface area contributed by atoms with E-state index in [0.29, 0.717) is 36.2 Å². The molecule has 2 amide bonds. The van der Waals surface area contributed by atoms with Gasteiger partial charge in [-0.3, -0.25) is 13.9 Å². The Morgan fingerprint density at radius 3 is 2.33 bits per heavy atom. The molecule has 212 valence electrons. The van der Waals surface area contributed by atoms with E-state index < -0.39 is 28.5 Å². The fourth-order valence-corrected chi connectivity index (χ4v) is 6.02. The second-order valence-electron chi connectivity index (χ2n) is 10.0. The largest absolute Gasteiger partial charge is 0.486 e. The average molecular weight is 578 g/mol. The molecule has 1 aliphatic carbocycles. The number of carbonyl (C=O) groups excluding carboxylic acids is 2. The van der Waals surface area contributed by atoms with Crippen LogP contribution >= 0.6 is 11.6 Å². The lowest BCUT2D eigenvalue weighted by molar-refractivity contribution is -0.140. The van der Waals surface area contributed by atoms with Crippen LogP contribution in [0, 0.1) is 0 Å². The van der Waals surface area contributed by atoms with Gasteiger partial charge in [-0.1, -0.05) is 49.9 Å². The number of carbonyl (C=O) groups is 2. The normalized spacial score (nSPS) is 16.3. The highest BCUT2D eigenvalue weighted by Gasteiger charge is 2.33. The van der Waals surface area contributed by atoms with Gasteiger partial charge in [-0.25, -0.2) is 8.42 Å². The summed E-state index contributed by atoms with van der Waals surface area (Å²) in [7, 11) is -3.86. The molecular formula is C28H36ClN3O6S. The van der Waals surface area contributed by atoms with Crippen molar-refractivity contribution >= 4 is 39.1 Å². The van der Waals surface area contributed by atoms with Crippen molar-refractivity contribution < 1.29 is 27.5 Å². The molecular weight excluding hydrogens is 542 g/mol. The lowest BCUT2D eigenvalue weighted by atomic mass is 9.95. The van der Waals surface area contributed by atoms with Crippen molar-refractivity contribution in [3.05, 3.63) is 53.1 Å². The summed E-state index contributed by atoms with van der Waals surface area (Å²) in [6, 6.07) is 11.1. The summed E-state index contributed by atoms with van der Waals surface area (Å²) in [6.07, 6.45) is 6.54. The zero-order valence-electron chi connectivity index (χ0n) is 22.4. The van der Waals surface area contributed by atoms with Crippen LogP contribution in [0.2, 0.25) is 5.02 Å². The van der Waals surface area contributed by atoms with Gasteiger partial charge in [0.05, 0.1) is 11.9 Å². The van der Waals surface area contributed by atoms with Gasteiger partial charge in [0.2, 0.25) is 21.8 Å². The molecule has 0 radical (unpaired) electrons. The van der Waals surface area contributed by atoms with Crippen molar-refractivity contribution in [2.75, 3.05) is 30.3 Å². The number of nitrogens with zero attached hydrogens (tertiary/aromatic N) is 2. The summed E-state index contributed by atoms with van der Waals surface area (Å²) in [6.45, 7) is 2.26. The van der Waals surface area contributed by atoms with Gasteiger partial charge >= 0.3 is 0 Å². The number of sulfonamides is 1. The second kappa shape index (κ2) is 12.9. The smallest absolute Gasteiger partial charge is 0.244 e. The molecule has 0 spiro atoms. The van der Waals surface area contributed by atoms with Crippen molar-refractivity contribution in [1.29, 1.82) is 0 Å². The first-order chi connectivity index (χ1) is 18.7. The van der Waals surface area contributed by atoms with E-state index in [1.807, 2.05) is 6.92 Å². The van der Waals surface area contributed by atoms with Crippen LogP contribution < -0.4 is 19.1 Å². The van der Waals surface area contributed by atoms with Crippen LogP contribution in [-0.4, -0.2) is 63.2 Å². The Hall–Kier alpha value is -2.98. The predicted octanol–water partition coefficient (Wildman–Crippen LogP) is 4.13. The number of hydrogen-bond acceptors (Lipinski definition) is 6. The molecule has 1 saturated carbocycles. The highest BCUT2D eigenvalue weighted by Crippen LogP contribution is 2.35. The van der Waals surface area contributed by atoms with E-state index >= 15 is 0 Å². The van der Waals surface area contributed by atoms with Gasteiger partial charge in [-0.2, -0.15) is 0 Å². The number of hydrogen-bond donors (Lipinski definition) is 1. The van der Waals surface area contributed by atoms with Crippen molar-refractivity contribution in [3.8, 4) is 11.5 Å². The molecule has 1 unspecified atom stereocenters. The van der Waals surface area contributed by atoms with E-state index in [4.69, 9.17) is 21.1 Å². The summed E-state index contributed by atoms with van der Waals surface area (Å²) in [5, 5.41) is 3.69. The second-order valence-corrected chi connectivity index (χ2v) is 12.4. The molecule has 0 saturated heterocycles. The summed E-state index contributed by atoms with van der Waals surface area (Å²) < 4.78 is 38.0. The SMILES string of the molecule is CCC(C(=O)NC1CCCCC1)N(Cc1ccc(Cl)cc1)C(=O)CN(c1ccc2c(c1)OCCO2)S(C)(=O)=O. The number of amides is 2. The molecule has 1 heterocycles. The molecule has 1 atom stereocenters. The summed E-state index contributed by atoms with van der Waals surface area (Å²) in [5.74, 6) is 0.212. The minimum atomic E-state index is -3.86. The Kier molecular flexibility index (Phi) is 9.61. The van der Waals surface area contributed by atoms with Gasteiger partial charge in [-0.15, -0.1) is 0 Å². The molecule has 0 aromatic heterocycles. The molecule has 1 fully saturated rings. The van der Waals surface area contributed by atoms with Crippen molar-refractivity contribution in [2.45, 2.75) is 64.1 Å². The molecule has 11 heteroatoms. The Bertz CT molecular complexity index is 1260. The predicted molar refractivity (Wildman–Crippen MR) is 151 cm³/mol. The minimum Gasteiger partial charge on any atom is -0.486 e. The van der Waals surface area contributed by atoms with Gasteiger partial charge in [-0.05, 0) is 49.1 Å². The van der Waals surface area contributed by atoms with Crippen LogP contribution in [0.15, 0.2) is 42.5 Å². The van der Waals surface area contributed by atoms with E-state index in [1.165, 1.54) is 4.90 Å². The third-order valence-corrected chi connectivity index (χ3v) is 8.49. The fourth-order valence-electron chi connectivity index (χ4n) is 5.05. The highest BCUT2D eigenvalue weighted by molar-refractivity contribution is 7.92. The van der Waals surface area contributed by atoms with Gasteiger partial charge in [0, 0.05) is 23.7 Å². The zero-order valence-corrected chi connectivity index (χ0v) is 24.0. The molecule has 1 aliphatic heterocycles. The van der Waals surface area contributed by atoms with Crippen LogP contribution in [0.5, 0.6) is 11.5 Å². The van der Waals surface area contributed by atoms with Crippen LogP contribution in [0.4, 0.5) is 5.69 Å². The van der Waals surface area contributed by atoms with Crippen molar-refractivity contribution in [2.24, 2.45) is 0 Å². The summed E-state index contributed by atoms with van der Waals surface area (Å²) >= 11 is 6.06. The molecule has 1 N–H and O–H groups in total. The van der Waals surface area contributed by atoms with E-state index in [9.17, 15) is 18.0 Å². The zero-order chi connectivity index (χ0) is 28.0. The standard InChI is InChI=1S/C28H36ClN3O6S/c1-3-24(28(34)30-22-7-5-4-6-8-22)31(18-20-9-11-21(29)12-10-20)27(33)19-32(39(2,35)36)23-13-14-25-26(17-23)38-16-15-37-25/h9-14,17,22,24H,3-8,15-16,18-19H2,1-2H3,(H,30,34). The molecule has 9 nitrogen and oxygen atoms in total.